The van der Waals surface area contributed by atoms with Crippen molar-refractivity contribution >= 4 is 11.7 Å². The van der Waals surface area contributed by atoms with Crippen molar-refractivity contribution in [3.63, 3.8) is 0 Å². The van der Waals surface area contributed by atoms with Gasteiger partial charge in [0.05, 0.1) is 12.7 Å². The topological polar surface area (TPSA) is 66.8 Å². The van der Waals surface area contributed by atoms with Crippen molar-refractivity contribution < 1.29 is 19.4 Å². The number of ether oxygens (including phenoxy) is 1. The average molecular weight is 430 g/mol. The van der Waals surface area contributed by atoms with Crippen LogP contribution in [0.4, 0.5) is 0 Å². The Morgan fingerprint density at radius 1 is 0.938 bits per heavy atom. The van der Waals surface area contributed by atoms with Crippen LogP contribution < -0.4 is 4.74 Å². The summed E-state index contributed by atoms with van der Waals surface area (Å²) in [7, 11) is 1.60. The zero-order valence-electron chi connectivity index (χ0n) is 18.2. The molecule has 5 nitrogen and oxygen atoms in total. The van der Waals surface area contributed by atoms with Gasteiger partial charge in [0.1, 0.15) is 11.5 Å². The third-order valence-corrected chi connectivity index (χ3v) is 6.07. The molecule has 1 fully saturated rings. The maximum atomic E-state index is 13.1. The highest BCUT2D eigenvalue weighted by Gasteiger charge is 2.29. The van der Waals surface area contributed by atoms with E-state index in [0.29, 0.717) is 43.5 Å². The van der Waals surface area contributed by atoms with E-state index in [1.54, 1.807) is 48.4 Å². The van der Waals surface area contributed by atoms with Crippen LogP contribution in [0.1, 0.15) is 44.7 Å². The number of carbonyl (C=O) groups excluding carboxylic acids is 2. The molecule has 0 spiro atoms. The second-order valence-electron chi connectivity index (χ2n) is 8.17. The van der Waals surface area contributed by atoms with E-state index in [-0.39, 0.29) is 23.4 Å². The molecule has 4 rings (SSSR count). The van der Waals surface area contributed by atoms with Gasteiger partial charge in [0.2, 0.25) is 0 Å². The zero-order chi connectivity index (χ0) is 22.5. The summed E-state index contributed by atoms with van der Waals surface area (Å²) < 4.78 is 5.15. The molecule has 1 N–H and O–H groups in total. The predicted octanol–water partition coefficient (Wildman–Crippen LogP) is 4.73. The van der Waals surface area contributed by atoms with Crippen LogP contribution in [0.25, 0.3) is 0 Å². The fourth-order valence-corrected chi connectivity index (χ4v) is 4.20. The molecule has 0 unspecified atom stereocenters. The zero-order valence-corrected chi connectivity index (χ0v) is 18.2. The van der Waals surface area contributed by atoms with Gasteiger partial charge >= 0.3 is 0 Å². The molecule has 3 aromatic rings. The third kappa shape index (κ3) is 4.83. The number of phenols is 1. The molecule has 5 heteroatoms. The second-order valence-corrected chi connectivity index (χ2v) is 8.17. The number of benzene rings is 3. The summed E-state index contributed by atoms with van der Waals surface area (Å²) in [6.07, 6.45) is 1.92. The number of methoxy groups -OCH3 is 1. The van der Waals surface area contributed by atoms with Crippen LogP contribution in [0, 0.1) is 5.92 Å². The maximum absolute atomic E-state index is 13.1. The number of aromatic hydroxyl groups is 1. The first-order valence-corrected chi connectivity index (χ1v) is 10.9. The summed E-state index contributed by atoms with van der Waals surface area (Å²) in [5, 5.41) is 10.3. The van der Waals surface area contributed by atoms with Gasteiger partial charge in [-0.1, -0.05) is 36.4 Å². The predicted molar refractivity (Wildman–Crippen MR) is 123 cm³/mol. The van der Waals surface area contributed by atoms with Gasteiger partial charge in [-0.25, -0.2) is 0 Å². The number of carbonyl (C=O) groups is 2. The van der Waals surface area contributed by atoms with Crippen molar-refractivity contribution in [2.24, 2.45) is 5.92 Å². The fraction of sp³-hybridized carbons (Fsp3) is 0.259. The molecule has 32 heavy (non-hydrogen) atoms. The number of piperidine rings is 1. The quantitative estimate of drug-likeness (QED) is 0.576. The second kappa shape index (κ2) is 9.69. The Labute approximate surface area is 188 Å². The first-order valence-electron chi connectivity index (χ1n) is 10.9. The van der Waals surface area contributed by atoms with Gasteiger partial charge in [0.25, 0.3) is 5.91 Å². The lowest BCUT2D eigenvalue weighted by Gasteiger charge is -2.31. The third-order valence-electron chi connectivity index (χ3n) is 6.07. The van der Waals surface area contributed by atoms with Crippen LogP contribution in [0.15, 0.2) is 72.8 Å². The Morgan fingerprint density at radius 3 is 2.28 bits per heavy atom. The molecule has 3 aromatic carbocycles. The van der Waals surface area contributed by atoms with Crippen LogP contribution in [0.5, 0.6) is 11.5 Å². The lowest BCUT2D eigenvalue weighted by atomic mass is 9.88. The van der Waals surface area contributed by atoms with Crippen LogP contribution in [0.2, 0.25) is 0 Å². The Kier molecular flexibility index (Phi) is 6.55. The van der Waals surface area contributed by atoms with E-state index in [1.807, 2.05) is 36.4 Å². The number of nitrogens with zero attached hydrogens (tertiary/aromatic N) is 1. The van der Waals surface area contributed by atoms with E-state index in [0.717, 1.165) is 16.9 Å². The normalized spacial score (nSPS) is 14.2. The number of hydrogen-bond acceptors (Lipinski definition) is 4. The molecule has 0 saturated carbocycles. The Balaban J connectivity index is 1.40. The molecule has 0 aromatic heterocycles. The standard InChI is InChI=1S/C27H27NO4/c1-32-23-10-8-21(9-11-23)26(30)22-13-15-28(16-14-22)27(31)24-18-20(7-12-25(24)29)17-19-5-3-2-4-6-19/h2-12,18,22,29H,13-17H2,1H3. The molecule has 1 aliphatic heterocycles. The summed E-state index contributed by atoms with van der Waals surface area (Å²) in [5.41, 5.74) is 3.11. The Hall–Kier alpha value is -3.60. The van der Waals surface area contributed by atoms with Crippen LogP contribution in [0.3, 0.4) is 0 Å². The van der Waals surface area contributed by atoms with Gasteiger partial charge in [-0.3, -0.25) is 9.59 Å². The Bertz CT molecular complexity index is 1080. The molecule has 0 radical (unpaired) electrons. The van der Waals surface area contributed by atoms with Crippen molar-refractivity contribution in [2.75, 3.05) is 20.2 Å². The molecule has 1 amide bonds. The smallest absolute Gasteiger partial charge is 0.257 e. The summed E-state index contributed by atoms with van der Waals surface area (Å²) in [5.74, 6) is 0.519. The van der Waals surface area contributed by atoms with E-state index in [4.69, 9.17) is 4.74 Å². The highest BCUT2D eigenvalue weighted by molar-refractivity contribution is 5.99. The van der Waals surface area contributed by atoms with Gasteiger partial charge < -0.3 is 14.7 Å². The van der Waals surface area contributed by atoms with Crippen molar-refractivity contribution in [2.45, 2.75) is 19.3 Å². The van der Waals surface area contributed by atoms with E-state index < -0.39 is 0 Å². The summed E-state index contributed by atoms with van der Waals surface area (Å²) in [6, 6.07) is 22.4. The number of amides is 1. The summed E-state index contributed by atoms with van der Waals surface area (Å²) >= 11 is 0. The number of ketones is 1. The average Bonchev–Trinajstić information content (AvgIpc) is 2.85. The number of phenolic OH excluding ortho intramolecular Hbond substituents is 1. The highest BCUT2D eigenvalue weighted by atomic mass is 16.5. The molecule has 1 saturated heterocycles. The van der Waals surface area contributed by atoms with E-state index >= 15 is 0 Å². The molecular weight excluding hydrogens is 402 g/mol. The molecule has 0 aliphatic carbocycles. The lowest BCUT2D eigenvalue weighted by molar-refractivity contribution is 0.0647. The first-order chi connectivity index (χ1) is 15.5. The number of likely N-dealkylation sites (tertiary alicyclic amines) is 1. The molecule has 0 atom stereocenters. The van der Waals surface area contributed by atoms with Crippen molar-refractivity contribution in [1.82, 2.24) is 4.90 Å². The van der Waals surface area contributed by atoms with Gasteiger partial charge in [-0.05, 0) is 66.8 Å². The minimum Gasteiger partial charge on any atom is -0.507 e. The SMILES string of the molecule is COc1ccc(C(=O)C2CCN(C(=O)c3cc(Cc4ccccc4)ccc3O)CC2)cc1. The molecule has 1 heterocycles. The summed E-state index contributed by atoms with van der Waals surface area (Å²) in [4.78, 5) is 27.7. The number of hydrogen-bond donors (Lipinski definition) is 1. The van der Waals surface area contributed by atoms with E-state index in [2.05, 4.69) is 0 Å². The first kappa shape index (κ1) is 21.6. The van der Waals surface area contributed by atoms with E-state index in [1.165, 1.54) is 0 Å². The van der Waals surface area contributed by atoms with Crippen LogP contribution in [-0.4, -0.2) is 41.9 Å². The highest BCUT2D eigenvalue weighted by Crippen LogP contribution is 2.27. The number of Topliss-reactive ketones (excluding diaryl/α,β-unsaturated/α-hetero) is 1. The molecule has 0 bridgehead atoms. The van der Waals surface area contributed by atoms with E-state index in [9.17, 15) is 14.7 Å². The monoisotopic (exact) mass is 429 g/mol. The minimum atomic E-state index is -0.187. The molecule has 1 aliphatic rings. The summed E-state index contributed by atoms with van der Waals surface area (Å²) in [6.45, 7) is 0.988. The van der Waals surface area contributed by atoms with Gasteiger partial charge in [0.15, 0.2) is 5.78 Å². The van der Waals surface area contributed by atoms with Crippen molar-refractivity contribution in [3.05, 3.63) is 95.1 Å². The van der Waals surface area contributed by atoms with Crippen molar-refractivity contribution in [3.8, 4) is 11.5 Å². The lowest BCUT2D eigenvalue weighted by Crippen LogP contribution is -2.40. The maximum Gasteiger partial charge on any atom is 0.257 e. The van der Waals surface area contributed by atoms with Gasteiger partial charge in [-0.15, -0.1) is 0 Å². The van der Waals surface area contributed by atoms with Gasteiger partial charge in [0, 0.05) is 24.6 Å². The fourth-order valence-electron chi connectivity index (χ4n) is 4.20. The molecule has 164 valence electrons. The largest absolute Gasteiger partial charge is 0.507 e. The molecular formula is C27H27NO4. The van der Waals surface area contributed by atoms with Gasteiger partial charge in [-0.2, -0.15) is 0 Å². The number of rotatable bonds is 6. The van der Waals surface area contributed by atoms with Crippen LogP contribution in [-0.2, 0) is 6.42 Å². The van der Waals surface area contributed by atoms with Crippen LogP contribution >= 0.6 is 0 Å². The minimum absolute atomic E-state index is 0.0109. The van der Waals surface area contributed by atoms with Crippen molar-refractivity contribution in [1.29, 1.82) is 0 Å². The Morgan fingerprint density at radius 2 is 1.62 bits per heavy atom.